The van der Waals surface area contributed by atoms with Crippen LogP contribution in [0.3, 0.4) is 0 Å². The second-order valence-corrected chi connectivity index (χ2v) is 4.84. The minimum atomic E-state index is 0.421. The number of hydrogen-bond donors (Lipinski definition) is 0. The number of ether oxygens (including phenoxy) is 4. The standard InChI is InChI=1S/C15H18N2O4/c16-11-12-9-14-15(10-13(12)17-1-2-17)21-8-6-19-4-3-18-5-7-20-14/h9-10H,1-8H2. The lowest BCUT2D eigenvalue weighted by atomic mass is 10.1. The van der Waals surface area contributed by atoms with Gasteiger partial charge in [-0.3, -0.25) is 0 Å². The van der Waals surface area contributed by atoms with Gasteiger partial charge in [-0.2, -0.15) is 5.26 Å². The molecule has 1 saturated heterocycles. The van der Waals surface area contributed by atoms with Crippen LogP contribution in [0.15, 0.2) is 12.1 Å². The minimum Gasteiger partial charge on any atom is -0.487 e. The van der Waals surface area contributed by atoms with Gasteiger partial charge in [-0.25, -0.2) is 0 Å². The van der Waals surface area contributed by atoms with Crippen molar-refractivity contribution in [2.24, 2.45) is 0 Å². The Bertz CT molecular complexity index is 537. The van der Waals surface area contributed by atoms with Crippen molar-refractivity contribution in [1.82, 2.24) is 0 Å². The largest absolute Gasteiger partial charge is 0.487 e. The number of nitrogens with zero attached hydrogens (tertiary/aromatic N) is 2. The number of anilines is 1. The number of fused-ring (bicyclic) bond motifs is 1. The van der Waals surface area contributed by atoms with Gasteiger partial charge in [0.15, 0.2) is 11.5 Å². The van der Waals surface area contributed by atoms with E-state index in [9.17, 15) is 5.26 Å². The van der Waals surface area contributed by atoms with Crippen molar-refractivity contribution in [3.05, 3.63) is 17.7 Å². The molecule has 0 aliphatic carbocycles. The molecule has 1 aromatic carbocycles. The molecule has 2 aliphatic heterocycles. The van der Waals surface area contributed by atoms with Gasteiger partial charge in [0, 0.05) is 25.2 Å². The van der Waals surface area contributed by atoms with Gasteiger partial charge in [-0.1, -0.05) is 0 Å². The fourth-order valence-electron chi connectivity index (χ4n) is 2.16. The third kappa shape index (κ3) is 3.57. The third-order valence-corrected chi connectivity index (χ3v) is 3.31. The fourth-order valence-corrected chi connectivity index (χ4v) is 2.16. The van der Waals surface area contributed by atoms with Gasteiger partial charge in [-0.05, 0) is 0 Å². The maximum atomic E-state index is 9.29. The summed E-state index contributed by atoms with van der Waals surface area (Å²) in [6.07, 6.45) is 0. The van der Waals surface area contributed by atoms with Gasteiger partial charge >= 0.3 is 0 Å². The zero-order valence-corrected chi connectivity index (χ0v) is 11.8. The molecule has 0 unspecified atom stereocenters. The molecule has 0 radical (unpaired) electrons. The molecule has 112 valence electrons. The third-order valence-electron chi connectivity index (χ3n) is 3.31. The van der Waals surface area contributed by atoms with Crippen molar-refractivity contribution in [2.45, 2.75) is 0 Å². The van der Waals surface area contributed by atoms with Crippen LogP contribution in [0, 0.1) is 11.3 Å². The highest BCUT2D eigenvalue weighted by Gasteiger charge is 2.24. The van der Waals surface area contributed by atoms with E-state index in [2.05, 4.69) is 11.0 Å². The van der Waals surface area contributed by atoms with E-state index in [1.165, 1.54) is 0 Å². The van der Waals surface area contributed by atoms with Gasteiger partial charge in [0.25, 0.3) is 0 Å². The molecular formula is C15H18N2O4. The Morgan fingerprint density at radius 3 is 2.00 bits per heavy atom. The molecule has 2 aliphatic rings. The summed E-state index contributed by atoms with van der Waals surface area (Å²) in [6, 6.07) is 5.85. The molecule has 2 heterocycles. The monoisotopic (exact) mass is 290 g/mol. The van der Waals surface area contributed by atoms with E-state index < -0.39 is 0 Å². The van der Waals surface area contributed by atoms with E-state index >= 15 is 0 Å². The van der Waals surface area contributed by atoms with Crippen molar-refractivity contribution in [1.29, 1.82) is 5.26 Å². The fraction of sp³-hybridized carbons (Fsp3) is 0.533. The van der Waals surface area contributed by atoms with Crippen LogP contribution in [0.1, 0.15) is 5.56 Å². The first-order valence-electron chi connectivity index (χ1n) is 7.12. The molecule has 0 atom stereocenters. The first-order chi connectivity index (χ1) is 10.4. The van der Waals surface area contributed by atoms with Gasteiger partial charge in [0.2, 0.25) is 0 Å². The number of rotatable bonds is 1. The predicted molar refractivity (Wildman–Crippen MR) is 76.0 cm³/mol. The van der Waals surface area contributed by atoms with Crippen LogP contribution in [-0.2, 0) is 9.47 Å². The highest BCUT2D eigenvalue weighted by atomic mass is 16.6. The Kier molecular flexibility index (Phi) is 4.43. The van der Waals surface area contributed by atoms with Crippen LogP contribution in [0.5, 0.6) is 11.5 Å². The molecule has 0 amide bonds. The summed E-state index contributed by atoms with van der Waals surface area (Å²) >= 11 is 0. The maximum absolute atomic E-state index is 9.29. The summed E-state index contributed by atoms with van der Waals surface area (Å²) in [5.74, 6) is 1.24. The van der Waals surface area contributed by atoms with Crippen LogP contribution in [0.25, 0.3) is 0 Å². The van der Waals surface area contributed by atoms with Crippen LogP contribution < -0.4 is 14.4 Å². The van der Waals surface area contributed by atoms with Gasteiger partial charge in [-0.15, -0.1) is 0 Å². The van der Waals surface area contributed by atoms with E-state index in [0.717, 1.165) is 18.8 Å². The molecule has 0 saturated carbocycles. The van der Waals surface area contributed by atoms with Gasteiger partial charge in [0.1, 0.15) is 19.3 Å². The molecular weight excluding hydrogens is 272 g/mol. The lowest BCUT2D eigenvalue weighted by Gasteiger charge is -2.17. The zero-order valence-electron chi connectivity index (χ0n) is 11.8. The maximum Gasteiger partial charge on any atom is 0.163 e. The molecule has 0 spiro atoms. The van der Waals surface area contributed by atoms with E-state index in [1.807, 2.05) is 6.07 Å². The Hall–Kier alpha value is -1.97. The Balaban J connectivity index is 1.84. The molecule has 6 heteroatoms. The SMILES string of the molecule is N#Cc1cc2c(cc1N1CC1)OCCOCCOCCO2. The Morgan fingerprint density at radius 1 is 0.857 bits per heavy atom. The van der Waals surface area contributed by atoms with Crippen LogP contribution in [0.4, 0.5) is 5.69 Å². The summed E-state index contributed by atoms with van der Waals surface area (Å²) in [4.78, 5) is 2.12. The molecule has 0 aromatic heterocycles. The normalized spacial score (nSPS) is 19.1. The molecule has 1 aromatic rings. The first kappa shape index (κ1) is 14.0. The lowest BCUT2D eigenvalue weighted by Crippen LogP contribution is -2.16. The minimum absolute atomic E-state index is 0.421. The lowest BCUT2D eigenvalue weighted by molar-refractivity contribution is 0.0223. The molecule has 1 fully saturated rings. The van der Waals surface area contributed by atoms with Crippen LogP contribution in [-0.4, -0.2) is 52.7 Å². The summed E-state index contributed by atoms with van der Waals surface area (Å²) in [5, 5.41) is 9.29. The summed E-state index contributed by atoms with van der Waals surface area (Å²) < 4.78 is 22.2. The van der Waals surface area contributed by atoms with E-state index in [4.69, 9.17) is 18.9 Å². The Labute approximate surface area is 123 Å². The van der Waals surface area contributed by atoms with Crippen molar-refractivity contribution in [3.63, 3.8) is 0 Å². The van der Waals surface area contributed by atoms with Crippen molar-refractivity contribution < 1.29 is 18.9 Å². The van der Waals surface area contributed by atoms with E-state index in [1.54, 1.807) is 6.07 Å². The zero-order chi connectivity index (χ0) is 14.5. The van der Waals surface area contributed by atoms with Crippen LogP contribution in [0.2, 0.25) is 0 Å². The van der Waals surface area contributed by atoms with Crippen molar-refractivity contribution >= 4 is 5.69 Å². The van der Waals surface area contributed by atoms with E-state index in [0.29, 0.717) is 56.7 Å². The number of hydrogen-bond acceptors (Lipinski definition) is 6. The van der Waals surface area contributed by atoms with Gasteiger partial charge in [0.05, 0.1) is 37.7 Å². The van der Waals surface area contributed by atoms with Crippen molar-refractivity contribution in [3.8, 4) is 17.6 Å². The number of nitriles is 1. The van der Waals surface area contributed by atoms with Crippen LogP contribution >= 0.6 is 0 Å². The topological polar surface area (TPSA) is 63.7 Å². The highest BCUT2D eigenvalue weighted by Crippen LogP contribution is 2.37. The average Bonchev–Trinajstić information content (AvgIpc) is 3.32. The second kappa shape index (κ2) is 6.66. The second-order valence-electron chi connectivity index (χ2n) is 4.84. The summed E-state index contributed by atoms with van der Waals surface area (Å²) in [6.45, 7) is 4.92. The smallest absolute Gasteiger partial charge is 0.163 e. The van der Waals surface area contributed by atoms with Gasteiger partial charge < -0.3 is 23.8 Å². The molecule has 21 heavy (non-hydrogen) atoms. The number of benzene rings is 1. The summed E-state index contributed by atoms with van der Waals surface area (Å²) in [7, 11) is 0. The molecule has 0 bridgehead atoms. The van der Waals surface area contributed by atoms with Crippen molar-refractivity contribution in [2.75, 3.05) is 57.6 Å². The highest BCUT2D eigenvalue weighted by molar-refractivity contribution is 5.68. The predicted octanol–water partition coefficient (Wildman–Crippen LogP) is 1.18. The molecule has 3 rings (SSSR count). The molecule has 6 nitrogen and oxygen atoms in total. The Morgan fingerprint density at radius 2 is 1.43 bits per heavy atom. The quantitative estimate of drug-likeness (QED) is 0.724. The van der Waals surface area contributed by atoms with E-state index in [-0.39, 0.29) is 0 Å². The summed E-state index contributed by atoms with van der Waals surface area (Å²) in [5.41, 5.74) is 1.52. The molecule has 0 N–H and O–H groups in total. The average molecular weight is 290 g/mol. The first-order valence-corrected chi connectivity index (χ1v) is 7.12.